The number of rotatable bonds is 7. The maximum absolute atomic E-state index is 12.9. The maximum atomic E-state index is 12.9. The summed E-state index contributed by atoms with van der Waals surface area (Å²) in [6.45, 7) is 0. The molecule has 3 nitrogen and oxygen atoms in total. The van der Waals surface area contributed by atoms with Gasteiger partial charge in [-0.1, -0.05) is 0 Å². The van der Waals surface area contributed by atoms with Crippen molar-refractivity contribution in [3.63, 3.8) is 0 Å². The summed E-state index contributed by atoms with van der Waals surface area (Å²) in [6, 6.07) is 83.9. The van der Waals surface area contributed by atoms with E-state index in [9.17, 15) is 15.3 Å². The number of hydrogen-bond donors (Lipinski definition) is 3. The van der Waals surface area contributed by atoms with Crippen molar-refractivity contribution in [1.82, 2.24) is 0 Å². The zero-order valence-electron chi connectivity index (χ0n) is 37.8. The summed E-state index contributed by atoms with van der Waals surface area (Å²) in [7, 11) is 0. The van der Waals surface area contributed by atoms with E-state index in [0.29, 0.717) is 0 Å². The first-order valence-corrected chi connectivity index (χ1v) is 26.1. The standard InChI is InChI=1S/2C26H17O.C14H9O.Ru/c2*27-25-17-21-16-20(18-8-3-1-4-9-18)14-15-23(21)26-22(12-7-13-24(25)26)19-10-5-2-6-11-19;15-14-9-10-5-1-2-6-11(10)12-7-3-4-8-13(12)14;/h2*1-12,14-17,27H;1-7,9,15H;. The molecule has 13 rings (SSSR count). The van der Waals surface area contributed by atoms with Crippen LogP contribution in [0.15, 0.2) is 243 Å². The van der Waals surface area contributed by atoms with E-state index in [2.05, 4.69) is 182 Å². The summed E-state index contributed by atoms with van der Waals surface area (Å²) in [4.78, 5) is 0. The molecule has 333 valence electrons. The van der Waals surface area contributed by atoms with Crippen molar-refractivity contribution in [2.75, 3.05) is 0 Å². The van der Waals surface area contributed by atoms with Gasteiger partial charge in [0, 0.05) is 0 Å². The fourth-order valence-electron chi connectivity index (χ4n) is 10.6. The molecular formula is C66H43O3Ru. The number of benzene rings is 13. The Hall–Kier alpha value is -8.56. The third-order valence-corrected chi connectivity index (χ3v) is 18.8. The van der Waals surface area contributed by atoms with Crippen LogP contribution < -0.4 is 12.5 Å². The molecule has 0 aliphatic heterocycles. The number of fused-ring (bicyclic) bond motifs is 9. The molecular weight excluding hydrogens is 942 g/mol. The van der Waals surface area contributed by atoms with Crippen molar-refractivity contribution in [2.45, 2.75) is 0 Å². The van der Waals surface area contributed by atoms with Crippen molar-refractivity contribution in [2.24, 2.45) is 0 Å². The van der Waals surface area contributed by atoms with Crippen LogP contribution in [0.25, 0.3) is 109 Å². The molecule has 0 saturated heterocycles. The van der Waals surface area contributed by atoms with Gasteiger partial charge in [0.2, 0.25) is 0 Å². The van der Waals surface area contributed by atoms with Crippen LogP contribution in [0.5, 0.6) is 17.2 Å². The van der Waals surface area contributed by atoms with Crippen molar-refractivity contribution in [3.05, 3.63) is 243 Å². The van der Waals surface area contributed by atoms with Crippen molar-refractivity contribution in [1.29, 1.82) is 0 Å². The zero-order valence-corrected chi connectivity index (χ0v) is 39.5. The van der Waals surface area contributed by atoms with Gasteiger partial charge in [0.25, 0.3) is 0 Å². The number of phenolic OH excluding ortho intramolecular Hbond substituents is 3. The molecule has 13 aromatic carbocycles. The summed E-state index contributed by atoms with van der Waals surface area (Å²) in [5, 5.41) is 49.2. The fourth-order valence-corrected chi connectivity index (χ4v) is 16.1. The molecule has 0 unspecified atom stereocenters. The monoisotopic (exact) mass is 985 g/mol. The predicted octanol–water partition coefficient (Wildman–Crippen LogP) is 15.3. The molecule has 0 aliphatic rings. The van der Waals surface area contributed by atoms with E-state index < -0.39 is 16.0 Å². The molecule has 3 N–H and O–H groups in total. The molecule has 0 amide bonds. The second-order valence-electron chi connectivity index (χ2n) is 17.8. The Morgan fingerprint density at radius 3 is 1.13 bits per heavy atom. The Kier molecular flexibility index (Phi) is 10.0. The van der Waals surface area contributed by atoms with Crippen LogP contribution in [0.3, 0.4) is 0 Å². The summed E-state index contributed by atoms with van der Waals surface area (Å²) >= 11 is -2.98. The van der Waals surface area contributed by atoms with Crippen LogP contribution in [0.1, 0.15) is 0 Å². The van der Waals surface area contributed by atoms with Gasteiger partial charge < -0.3 is 0 Å². The van der Waals surface area contributed by atoms with Gasteiger partial charge >= 0.3 is 413 Å². The van der Waals surface area contributed by atoms with Crippen LogP contribution in [0.2, 0.25) is 0 Å². The Labute approximate surface area is 410 Å². The summed E-state index contributed by atoms with van der Waals surface area (Å²) in [5.41, 5.74) is 8.46. The second kappa shape index (κ2) is 16.9. The minimum absolute atomic E-state index is 0.183. The molecule has 0 saturated carbocycles. The van der Waals surface area contributed by atoms with Gasteiger partial charge in [-0.25, -0.2) is 0 Å². The Bertz CT molecular complexity index is 3980. The molecule has 0 radical (unpaired) electrons. The first-order chi connectivity index (χ1) is 34.5. The van der Waals surface area contributed by atoms with Gasteiger partial charge in [0.05, 0.1) is 0 Å². The van der Waals surface area contributed by atoms with Gasteiger partial charge in [-0.15, -0.1) is 0 Å². The summed E-state index contributed by atoms with van der Waals surface area (Å²) < 4.78 is 2.96. The molecule has 0 aliphatic carbocycles. The minimum atomic E-state index is -2.98. The fraction of sp³-hybridized carbons (Fsp3) is 0. The topological polar surface area (TPSA) is 60.7 Å². The van der Waals surface area contributed by atoms with Crippen molar-refractivity contribution in [3.8, 4) is 61.8 Å². The van der Waals surface area contributed by atoms with Gasteiger partial charge in [0.15, 0.2) is 0 Å². The van der Waals surface area contributed by atoms with Gasteiger partial charge in [-0.2, -0.15) is 0 Å². The van der Waals surface area contributed by atoms with Gasteiger partial charge in [-0.3, -0.25) is 0 Å². The van der Waals surface area contributed by atoms with Crippen LogP contribution in [-0.4, -0.2) is 15.3 Å². The molecule has 70 heavy (non-hydrogen) atoms. The normalized spacial score (nSPS) is 11.9. The van der Waals surface area contributed by atoms with Gasteiger partial charge in [0.1, 0.15) is 0 Å². The van der Waals surface area contributed by atoms with E-state index >= 15 is 0 Å². The van der Waals surface area contributed by atoms with Crippen LogP contribution in [-0.2, 0) is 16.0 Å². The average Bonchev–Trinajstić information content (AvgIpc) is 3.41. The zero-order chi connectivity index (χ0) is 46.9. The van der Waals surface area contributed by atoms with Crippen LogP contribution >= 0.6 is 0 Å². The Morgan fingerprint density at radius 2 is 0.629 bits per heavy atom. The number of hydrogen-bond acceptors (Lipinski definition) is 3. The van der Waals surface area contributed by atoms with E-state index in [4.69, 9.17) is 0 Å². The van der Waals surface area contributed by atoms with Crippen molar-refractivity contribution >= 4 is 77.1 Å². The molecule has 0 heterocycles. The molecule has 0 atom stereocenters. The summed E-state index contributed by atoms with van der Waals surface area (Å²) in [6.07, 6.45) is 0. The molecule has 0 spiro atoms. The van der Waals surface area contributed by atoms with Gasteiger partial charge in [-0.05, 0) is 0 Å². The molecule has 0 bridgehead atoms. The van der Waals surface area contributed by atoms with E-state index in [1.807, 2.05) is 60.7 Å². The first-order valence-electron chi connectivity index (χ1n) is 23.4. The third-order valence-electron chi connectivity index (χ3n) is 13.8. The molecule has 0 fully saturated rings. The molecule has 4 heteroatoms. The molecule has 0 aromatic heterocycles. The first kappa shape index (κ1) is 41.6. The number of aromatic hydroxyl groups is 3. The van der Waals surface area contributed by atoms with Crippen molar-refractivity contribution < 1.29 is 31.3 Å². The predicted molar refractivity (Wildman–Crippen MR) is 290 cm³/mol. The van der Waals surface area contributed by atoms with E-state index in [1.54, 1.807) is 0 Å². The quantitative estimate of drug-likeness (QED) is 0.110. The van der Waals surface area contributed by atoms with E-state index in [0.717, 1.165) is 122 Å². The number of phenols is 3. The average molecular weight is 985 g/mol. The van der Waals surface area contributed by atoms with E-state index in [-0.39, 0.29) is 17.2 Å². The third kappa shape index (κ3) is 6.83. The molecule has 13 aromatic rings. The Balaban J connectivity index is 1.18. The Morgan fingerprint density at radius 1 is 0.229 bits per heavy atom. The SMILES string of the molecule is Oc1cc2ccccc2c2ccc[c]([Ru]([c]3ccc(-c4ccccc4)c4c3c(O)cc3cc(-c5ccccc5)ccc34)[c]3ccc(-c4ccccc4)c4c3c(O)cc3cc(-c5ccccc5)ccc34)c12. The second-order valence-corrected chi connectivity index (χ2v) is 21.9. The van der Waals surface area contributed by atoms with Crippen LogP contribution in [0.4, 0.5) is 0 Å². The van der Waals surface area contributed by atoms with Crippen LogP contribution in [0, 0.1) is 0 Å². The van der Waals surface area contributed by atoms with E-state index in [1.165, 1.54) is 0 Å². The summed E-state index contributed by atoms with van der Waals surface area (Å²) in [5.74, 6) is 0.564.